The van der Waals surface area contributed by atoms with Crippen molar-refractivity contribution in [2.75, 3.05) is 12.9 Å². The Morgan fingerprint density at radius 3 is 2.23 bits per heavy atom. The topological polar surface area (TPSA) is 116 Å². The van der Waals surface area contributed by atoms with Crippen LogP contribution in [0.1, 0.15) is 11.1 Å². The molecule has 30 heavy (non-hydrogen) atoms. The van der Waals surface area contributed by atoms with Gasteiger partial charge in [0.05, 0.1) is 24.4 Å². The van der Waals surface area contributed by atoms with E-state index in [1.807, 2.05) is 25.1 Å². The van der Waals surface area contributed by atoms with Gasteiger partial charge in [-0.05, 0) is 24.6 Å². The van der Waals surface area contributed by atoms with Crippen LogP contribution in [0.2, 0.25) is 0 Å². The number of aliphatic hydroxyl groups is 1. The quantitative estimate of drug-likeness (QED) is 0.593. The molecule has 164 valence electrons. The zero-order valence-corrected chi connectivity index (χ0v) is 18.2. The Kier molecular flexibility index (Phi) is 6.95. The van der Waals surface area contributed by atoms with Crippen molar-refractivity contribution in [2.45, 2.75) is 42.2 Å². The van der Waals surface area contributed by atoms with Crippen molar-refractivity contribution in [1.82, 2.24) is 0 Å². The van der Waals surface area contributed by atoms with E-state index in [2.05, 4.69) is 0 Å². The van der Waals surface area contributed by atoms with E-state index >= 15 is 0 Å². The van der Waals surface area contributed by atoms with E-state index in [4.69, 9.17) is 13.7 Å². The van der Waals surface area contributed by atoms with Gasteiger partial charge in [0.1, 0.15) is 17.5 Å². The lowest BCUT2D eigenvalue weighted by Gasteiger charge is -2.23. The molecule has 0 spiro atoms. The van der Waals surface area contributed by atoms with Crippen molar-refractivity contribution >= 4 is 20.0 Å². The molecule has 0 unspecified atom stereocenters. The summed E-state index contributed by atoms with van der Waals surface area (Å²) in [5, 5.41) is 9.01. The predicted octanol–water partition coefficient (Wildman–Crippen LogP) is 1.42. The first-order valence-electron chi connectivity index (χ1n) is 9.22. The zero-order valence-electron chi connectivity index (χ0n) is 16.5. The third-order valence-electron chi connectivity index (χ3n) is 4.72. The molecular formula is C20H24O8S2. The van der Waals surface area contributed by atoms with Gasteiger partial charge >= 0.3 is 0 Å². The van der Waals surface area contributed by atoms with Gasteiger partial charge in [0.25, 0.3) is 10.1 Å². The van der Waals surface area contributed by atoms with E-state index in [1.165, 1.54) is 12.1 Å². The minimum absolute atomic E-state index is 0.0217. The standard InChI is InChI=1S/C20H24O8S2/c1-14-8-10-16(11-9-14)30(24,25)19-17(13-27-29(2,22)23)28-20(21)18(19)26-12-15-6-4-3-5-7-15/h3-11,17-21H,12-13H2,1-2H3/t17-,18-,19+,20-/m1/s1. The first-order chi connectivity index (χ1) is 14.1. The lowest BCUT2D eigenvalue weighted by atomic mass is 10.2. The van der Waals surface area contributed by atoms with Gasteiger partial charge in [0.15, 0.2) is 16.1 Å². The number of hydrogen-bond donors (Lipinski definition) is 1. The largest absolute Gasteiger partial charge is 0.367 e. The van der Waals surface area contributed by atoms with Crippen molar-refractivity contribution in [2.24, 2.45) is 0 Å². The summed E-state index contributed by atoms with van der Waals surface area (Å²) in [6.45, 7) is 1.32. The van der Waals surface area contributed by atoms with Crippen LogP contribution in [-0.2, 0) is 40.2 Å². The fourth-order valence-electron chi connectivity index (χ4n) is 3.24. The molecule has 1 aliphatic heterocycles. The molecule has 0 amide bonds. The maximum absolute atomic E-state index is 13.4. The van der Waals surface area contributed by atoms with Crippen molar-refractivity contribution in [3.05, 3.63) is 65.7 Å². The molecule has 0 bridgehead atoms. The average Bonchev–Trinajstić information content (AvgIpc) is 3.01. The van der Waals surface area contributed by atoms with Crippen LogP contribution in [0.5, 0.6) is 0 Å². The molecule has 0 aliphatic carbocycles. The molecule has 2 aromatic carbocycles. The zero-order chi connectivity index (χ0) is 21.9. The molecule has 2 aromatic rings. The molecule has 1 saturated heterocycles. The monoisotopic (exact) mass is 456 g/mol. The molecule has 0 radical (unpaired) electrons. The second-order valence-corrected chi connectivity index (χ2v) is 10.9. The van der Waals surface area contributed by atoms with Crippen LogP contribution < -0.4 is 0 Å². The van der Waals surface area contributed by atoms with Gasteiger partial charge < -0.3 is 14.6 Å². The molecule has 0 saturated carbocycles. The van der Waals surface area contributed by atoms with Crippen molar-refractivity contribution < 1.29 is 35.6 Å². The van der Waals surface area contributed by atoms with Gasteiger partial charge in [0, 0.05) is 0 Å². The highest BCUT2D eigenvalue weighted by Crippen LogP contribution is 2.33. The van der Waals surface area contributed by atoms with E-state index in [1.54, 1.807) is 24.3 Å². The van der Waals surface area contributed by atoms with Gasteiger partial charge in [-0.3, -0.25) is 4.18 Å². The van der Waals surface area contributed by atoms with Gasteiger partial charge in [-0.25, -0.2) is 8.42 Å². The van der Waals surface area contributed by atoms with Crippen LogP contribution in [0.4, 0.5) is 0 Å². The van der Waals surface area contributed by atoms with Crippen LogP contribution in [-0.4, -0.2) is 58.6 Å². The minimum atomic E-state index is -4.04. The number of sulfone groups is 1. The summed E-state index contributed by atoms with van der Waals surface area (Å²) in [4.78, 5) is 0.0217. The molecule has 1 aliphatic rings. The van der Waals surface area contributed by atoms with Crippen molar-refractivity contribution in [1.29, 1.82) is 0 Å². The van der Waals surface area contributed by atoms with Crippen molar-refractivity contribution in [3.63, 3.8) is 0 Å². The Labute approximate surface area is 176 Å². The average molecular weight is 457 g/mol. The second-order valence-electron chi connectivity index (χ2n) is 7.14. The predicted molar refractivity (Wildman–Crippen MR) is 109 cm³/mol. The Bertz CT molecular complexity index is 1050. The fourth-order valence-corrected chi connectivity index (χ4v) is 5.56. The Morgan fingerprint density at radius 1 is 1.00 bits per heavy atom. The Morgan fingerprint density at radius 2 is 1.63 bits per heavy atom. The summed E-state index contributed by atoms with van der Waals surface area (Å²) in [6.07, 6.45) is -3.18. The minimum Gasteiger partial charge on any atom is -0.367 e. The van der Waals surface area contributed by atoms with E-state index in [0.29, 0.717) is 0 Å². The molecule has 1 fully saturated rings. The van der Waals surface area contributed by atoms with Gasteiger partial charge in [-0.2, -0.15) is 8.42 Å². The van der Waals surface area contributed by atoms with Crippen LogP contribution in [0.15, 0.2) is 59.5 Å². The SMILES string of the molecule is Cc1ccc(S(=O)(=O)[C@@H]2[C@@H](OCc3ccccc3)[C@H](O)O[C@@H]2COS(C)(=O)=O)cc1. The van der Waals surface area contributed by atoms with E-state index < -0.39 is 50.3 Å². The number of benzene rings is 2. The lowest BCUT2D eigenvalue weighted by Crippen LogP contribution is -2.43. The summed E-state index contributed by atoms with van der Waals surface area (Å²) >= 11 is 0. The summed E-state index contributed by atoms with van der Waals surface area (Å²) < 4.78 is 65.4. The highest BCUT2D eigenvalue weighted by atomic mass is 32.2. The number of aryl methyl sites for hydroxylation is 1. The number of ether oxygens (including phenoxy) is 2. The maximum atomic E-state index is 13.4. The van der Waals surface area contributed by atoms with E-state index in [0.717, 1.165) is 17.4 Å². The van der Waals surface area contributed by atoms with Gasteiger partial charge in [-0.1, -0.05) is 48.0 Å². The molecule has 10 heteroatoms. The summed E-state index contributed by atoms with van der Waals surface area (Å²) in [6, 6.07) is 15.3. The molecule has 3 rings (SSSR count). The highest BCUT2D eigenvalue weighted by Gasteiger charge is 2.52. The molecule has 0 aromatic heterocycles. The molecule has 8 nitrogen and oxygen atoms in total. The summed E-state index contributed by atoms with van der Waals surface area (Å²) in [7, 11) is -7.88. The van der Waals surface area contributed by atoms with Gasteiger partial charge in [0.2, 0.25) is 0 Å². The van der Waals surface area contributed by atoms with Crippen LogP contribution in [0, 0.1) is 6.92 Å². The lowest BCUT2D eigenvalue weighted by molar-refractivity contribution is -0.147. The number of rotatable bonds is 8. The normalized spacial score (nSPS) is 24.8. The van der Waals surface area contributed by atoms with E-state index in [-0.39, 0.29) is 11.5 Å². The van der Waals surface area contributed by atoms with Crippen LogP contribution in [0.25, 0.3) is 0 Å². The van der Waals surface area contributed by atoms with Crippen LogP contribution in [0.3, 0.4) is 0 Å². The second kappa shape index (κ2) is 9.13. The fraction of sp³-hybridized carbons (Fsp3) is 0.400. The Balaban J connectivity index is 1.91. The summed E-state index contributed by atoms with van der Waals surface area (Å²) in [5.74, 6) is 0. The van der Waals surface area contributed by atoms with Crippen molar-refractivity contribution in [3.8, 4) is 0 Å². The third kappa shape index (κ3) is 5.45. The maximum Gasteiger partial charge on any atom is 0.264 e. The first-order valence-corrected chi connectivity index (χ1v) is 12.6. The molecule has 1 N–H and O–H groups in total. The van der Waals surface area contributed by atoms with Gasteiger partial charge in [-0.15, -0.1) is 0 Å². The molecular weight excluding hydrogens is 432 g/mol. The molecule has 4 atom stereocenters. The van der Waals surface area contributed by atoms with E-state index in [9.17, 15) is 21.9 Å². The number of aliphatic hydroxyl groups excluding tert-OH is 1. The molecule has 1 heterocycles. The first kappa shape index (κ1) is 22.9. The Hall–Kier alpha value is -1.82. The van der Waals surface area contributed by atoms with Crippen LogP contribution >= 0.6 is 0 Å². The number of hydrogen-bond acceptors (Lipinski definition) is 8. The summed E-state index contributed by atoms with van der Waals surface area (Å²) in [5.41, 5.74) is 1.66. The highest BCUT2D eigenvalue weighted by molar-refractivity contribution is 7.92. The smallest absolute Gasteiger partial charge is 0.264 e. The third-order valence-corrected chi connectivity index (χ3v) is 7.51.